The number of aryl methyl sites for hydroxylation is 1. The van der Waals surface area contributed by atoms with Crippen LogP contribution in [-0.2, 0) is 13.6 Å². The average Bonchev–Trinajstić information content (AvgIpc) is 2.83. The molecule has 3 rings (SSSR count). The summed E-state index contributed by atoms with van der Waals surface area (Å²) in [6.45, 7) is 2.06. The second-order valence-electron chi connectivity index (χ2n) is 4.67. The molecule has 0 aliphatic heterocycles. The number of aromatic nitrogens is 4. The van der Waals surface area contributed by atoms with E-state index >= 15 is 0 Å². The van der Waals surface area contributed by atoms with Crippen LogP contribution in [0, 0.1) is 0 Å². The van der Waals surface area contributed by atoms with E-state index in [-0.39, 0.29) is 5.56 Å². The summed E-state index contributed by atoms with van der Waals surface area (Å²) >= 11 is 5.88. The van der Waals surface area contributed by atoms with Gasteiger partial charge in [0.2, 0.25) is 0 Å². The van der Waals surface area contributed by atoms with Gasteiger partial charge in [-0.3, -0.25) is 9.36 Å². The van der Waals surface area contributed by atoms with Crippen molar-refractivity contribution in [2.75, 3.05) is 0 Å². The highest BCUT2D eigenvalue weighted by Gasteiger charge is 2.17. The van der Waals surface area contributed by atoms with Gasteiger partial charge in [-0.25, -0.2) is 14.3 Å². The van der Waals surface area contributed by atoms with E-state index in [4.69, 9.17) is 11.6 Å². The first-order valence-corrected chi connectivity index (χ1v) is 6.85. The number of benzene rings is 1. The molecule has 0 saturated heterocycles. The largest absolute Gasteiger partial charge is 0.337 e. The maximum absolute atomic E-state index is 12.6. The molecular formula is C14H13ClN4O2. The van der Waals surface area contributed by atoms with Crippen molar-refractivity contribution in [3.8, 4) is 5.69 Å². The first-order chi connectivity index (χ1) is 10.0. The first-order valence-electron chi connectivity index (χ1n) is 6.47. The van der Waals surface area contributed by atoms with Gasteiger partial charge in [0.1, 0.15) is 0 Å². The van der Waals surface area contributed by atoms with Gasteiger partial charge in [0.25, 0.3) is 5.56 Å². The lowest BCUT2D eigenvalue weighted by Crippen LogP contribution is -2.39. The summed E-state index contributed by atoms with van der Waals surface area (Å²) in [5, 5.41) is 0.577. The van der Waals surface area contributed by atoms with Gasteiger partial charge in [-0.2, -0.15) is 0 Å². The Balaban J connectivity index is 2.50. The van der Waals surface area contributed by atoms with Crippen LogP contribution in [0.1, 0.15) is 6.92 Å². The number of hydrogen-bond donors (Lipinski definition) is 0. The Bertz CT molecular complexity index is 934. The average molecular weight is 305 g/mol. The Kier molecular flexibility index (Phi) is 3.17. The minimum atomic E-state index is -0.406. The van der Waals surface area contributed by atoms with Gasteiger partial charge in [0.15, 0.2) is 11.2 Å². The van der Waals surface area contributed by atoms with Crippen LogP contribution in [0.5, 0.6) is 0 Å². The highest BCUT2D eigenvalue weighted by atomic mass is 35.5. The SMILES string of the molecule is CCn1c(=O)c2c(ncn2C)n(-c2ccc(Cl)cc2)c1=O. The third kappa shape index (κ3) is 1.99. The summed E-state index contributed by atoms with van der Waals surface area (Å²) in [7, 11) is 1.73. The molecule has 6 nitrogen and oxygen atoms in total. The number of imidazole rings is 1. The first kappa shape index (κ1) is 13.6. The topological polar surface area (TPSA) is 61.8 Å². The highest BCUT2D eigenvalue weighted by Crippen LogP contribution is 2.15. The smallest absolute Gasteiger partial charge is 0.328 e. The van der Waals surface area contributed by atoms with Gasteiger partial charge in [-0.05, 0) is 31.2 Å². The molecule has 0 amide bonds. The summed E-state index contributed by atoms with van der Waals surface area (Å²) in [6, 6.07) is 6.84. The van der Waals surface area contributed by atoms with E-state index in [0.717, 1.165) is 0 Å². The highest BCUT2D eigenvalue weighted by molar-refractivity contribution is 6.30. The lowest BCUT2D eigenvalue weighted by Gasteiger charge is -2.10. The standard InChI is InChI=1S/C14H13ClN4O2/c1-3-18-13(20)11-12(16-8-17(11)2)19(14(18)21)10-6-4-9(15)5-7-10/h4-8H,3H2,1-2H3. The van der Waals surface area contributed by atoms with Crippen LogP contribution in [0.15, 0.2) is 40.2 Å². The molecule has 3 aromatic rings. The quantitative estimate of drug-likeness (QED) is 0.722. The lowest BCUT2D eigenvalue weighted by atomic mass is 10.3. The molecule has 0 atom stereocenters. The van der Waals surface area contributed by atoms with E-state index in [1.807, 2.05) is 0 Å². The lowest BCUT2D eigenvalue weighted by molar-refractivity contribution is 0.657. The maximum atomic E-state index is 12.6. The zero-order valence-corrected chi connectivity index (χ0v) is 12.3. The van der Waals surface area contributed by atoms with Gasteiger partial charge in [0, 0.05) is 18.6 Å². The fraction of sp³-hybridized carbons (Fsp3) is 0.214. The van der Waals surface area contributed by atoms with Crippen molar-refractivity contribution in [3.63, 3.8) is 0 Å². The van der Waals surface area contributed by atoms with Crippen molar-refractivity contribution in [1.29, 1.82) is 0 Å². The summed E-state index contributed by atoms with van der Waals surface area (Å²) < 4.78 is 4.24. The third-order valence-corrected chi connectivity index (χ3v) is 3.65. The van der Waals surface area contributed by atoms with Gasteiger partial charge >= 0.3 is 5.69 Å². The molecule has 1 aromatic carbocycles. The number of rotatable bonds is 2. The van der Waals surface area contributed by atoms with Gasteiger partial charge in [-0.1, -0.05) is 11.6 Å². The van der Waals surface area contributed by atoms with Crippen molar-refractivity contribution in [1.82, 2.24) is 18.7 Å². The van der Waals surface area contributed by atoms with E-state index in [9.17, 15) is 9.59 Å². The van der Waals surface area contributed by atoms with Gasteiger partial charge in [0.05, 0.1) is 12.0 Å². The molecule has 0 saturated carbocycles. The Labute approximate surface area is 124 Å². The van der Waals surface area contributed by atoms with E-state index in [0.29, 0.717) is 28.4 Å². The molecule has 0 spiro atoms. The number of hydrogen-bond acceptors (Lipinski definition) is 3. The summed E-state index contributed by atoms with van der Waals surface area (Å²) in [4.78, 5) is 29.1. The molecule has 2 heterocycles. The molecular weight excluding hydrogens is 292 g/mol. The molecule has 0 fully saturated rings. The predicted octanol–water partition coefficient (Wildman–Crippen LogP) is 1.56. The normalized spacial score (nSPS) is 11.2. The summed E-state index contributed by atoms with van der Waals surface area (Å²) in [5.41, 5.74) is 0.625. The Hall–Kier alpha value is -2.34. The van der Waals surface area contributed by atoms with Gasteiger partial charge in [-0.15, -0.1) is 0 Å². The second-order valence-corrected chi connectivity index (χ2v) is 5.11. The van der Waals surface area contributed by atoms with E-state index in [1.165, 1.54) is 15.5 Å². The zero-order chi connectivity index (χ0) is 15.1. The maximum Gasteiger partial charge on any atom is 0.337 e. The Morgan fingerprint density at radius 3 is 2.48 bits per heavy atom. The van der Waals surface area contributed by atoms with Crippen LogP contribution in [0.3, 0.4) is 0 Å². The molecule has 0 unspecified atom stereocenters. The predicted molar refractivity (Wildman–Crippen MR) is 81.3 cm³/mol. The van der Waals surface area contributed by atoms with Crippen LogP contribution < -0.4 is 11.2 Å². The van der Waals surface area contributed by atoms with Crippen molar-refractivity contribution in [3.05, 3.63) is 56.5 Å². The van der Waals surface area contributed by atoms with Crippen LogP contribution in [0.4, 0.5) is 0 Å². The molecule has 0 aliphatic carbocycles. The van der Waals surface area contributed by atoms with E-state index in [2.05, 4.69) is 4.98 Å². The zero-order valence-electron chi connectivity index (χ0n) is 11.6. The number of nitrogens with zero attached hydrogens (tertiary/aromatic N) is 4. The van der Waals surface area contributed by atoms with Crippen molar-refractivity contribution >= 4 is 22.8 Å². The van der Waals surface area contributed by atoms with Crippen LogP contribution in [-0.4, -0.2) is 18.7 Å². The molecule has 7 heteroatoms. The Morgan fingerprint density at radius 2 is 1.86 bits per heavy atom. The van der Waals surface area contributed by atoms with Crippen molar-refractivity contribution in [2.24, 2.45) is 7.05 Å². The van der Waals surface area contributed by atoms with Gasteiger partial charge < -0.3 is 4.57 Å². The summed E-state index contributed by atoms with van der Waals surface area (Å²) in [6.07, 6.45) is 1.53. The van der Waals surface area contributed by atoms with E-state index in [1.54, 1.807) is 42.8 Å². The van der Waals surface area contributed by atoms with Crippen LogP contribution in [0.25, 0.3) is 16.9 Å². The fourth-order valence-electron chi connectivity index (χ4n) is 2.36. The number of halogens is 1. The second kappa shape index (κ2) is 4.89. The van der Waals surface area contributed by atoms with Crippen molar-refractivity contribution < 1.29 is 0 Å². The molecule has 0 radical (unpaired) electrons. The molecule has 0 N–H and O–H groups in total. The molecule has 0 bridgehead atoms. The minimum absolute atomic E-state index is 0.298. The van der Waals surface area contributed by atoms with E-state index < -0.39 is 5.69 Å². The van der Waals surface area contributed by atoms with Crippen molar-refractivity contribution in [2.45, 2.75) is 13.5 Å². The summed E-state index contributed by atoms with van der Waals surface area (Å²) in [5.74, 6) is 0. The third-order valence-electron chi connectivity index (χ3n) is 3.40. The molecule has 0 aliphatic rings. The minimum Gasteiger partial charge on any atom is -0.328 e. The van der Waals surface area contributed by atoms with Crippen LogP contribution >= 0.6 is 11.6 Å². The molecule has 2 aromatic heterocycles. The monoisotopic (exact) mass is 304 g/mol. The molecule has 108 valence electrons. The Morgan fingerprint density at radius 1 is 1.19 bits per heavy atom. The fourth-order valence-corrected chi connectivity index (χ4v) is 2.48. The number of fused-ring (bicyclic) bond motifs is 1. The van der Waals surface area contributed by atoms with Crippen LogP contribution in [0.2, 0.25) is 5.02 Å². The molecule has 21 heavy (non-hydrogen) atoms.